The molecule has 26 heavy (non-hydrogen) atoms. The predicted octanol–water partition coefficient (Wildman–Crippen LogP) is 2.15. The van der Waals surface area contributed by atoms with Crippen molar-refractivity contribution in [3.05, 3.63) is 47.0 Å². The number of hydrogen-bond donors (Lipinski definition) is 3. The number of carbonyl (C=O) groups is 2. The third-order valence-electron chi connectivity index (χ3n) is 3.24. The van der Waals surface area contributed by atoms with E-state index in [1.165, 1.54) is 26.5 Å². The van der Waals surface area contributed by atoms with E-state index < -0.39 is 11.8 Å². The Kier molecular flexibility index (Phi) is 6.40. The van der Waals surface area contributed by atoms with Gasteiger partial charge in [-0.3, -0.25) is 9.59 Å². The smallest absolute Gasteiger partial charge is 0.329 e. The first-order chi connectivity index (χ1) is 12.5. The summed E-state index contributed by atoms with van der Waals surface area (Å²) in [7, 11) is 2.83. The van der Waals surface area contributed by atoms with Crippen molar-refractivity contribution in [3.8, 4) is 17.2 Å². The fourth-order valence-electron chi connectivity index (χ4n) is 1.98. The van der Waals surface area contributed by atoms with Crippen molar-refractivity contribution in [3.63, 3.8) is 0 Å². The van der Waals surface area contributed by atoms with Gasteiger partial charge in [-0.2, -0.15) is 5.10 Å². The van der Waals surface area contributed by atoms with E-state index in [1.807, 2.05) is 0 Å². The summed E-state index contributed by atoms with van der Waals surface area (Å²) in [5, 5.41) is 16.3. The van der Waals surface area contributed by atoms with Crippen molar-refractivity contribution >= 4 is 35.3 Å². The molecule has 0 heterocycles. The normalized spacial score (nSPS) is 10.4. The van der Waals surface area contributed by atoms with Crippen LogP contribution in [0.5, 0.6) is 17.2 Å². The first-order valence-electron chi connectivity index (χ1n) is 7.30. The number of benzene rings is 2. The highest BCUT2D eigenvalue weighted by Crippen LogP contribution is 2.28. The van der Waals surface area contributed by atoms with Crippen LogP contribution >= 0.6 is 11.6 Å². The van der Waals surface area contributed by atoms with Crippen LogP contribution in [0.2, 0.25) is 5.02 Å². The van der Waals surface area contributed by atoms with Gasteiger partial charge in [0.15, 0.2) is 11.5 Å². The highest BCUT2D eigenvalue weighted by Gasteiger charge is 2.15. The Balaban J connectivity index is 2.02. The summed E-state index contributed by atoms with van der Waals surface area (Å²) >= 11 is 5.86. The van der Waals surface area contributed by atoms with Gasteiger partial charge in [-0.15, -0.1) is 0 Å². The molecule has 0 fully saturated rings. The predicted molar refractivity (Wildman–Crippen MR) is 97.0 cm³/mol. The first-order valence-corrected chi connectivity index (χ1v) is 7.68. The minimum absolute atomic E-state index is 0.138. The molecular weight excluding hydrogens is 362 g/mol. The topological polar surface area (TPSA) is 109 Å². The van der Waals surface area contributed by atoms with Crippen LogP contribution in [0.1, 0.15) is 5.56 Å². The number of para-hydroxylation sites is 1. The van der Waals surface area contributed by atoms with Crippen molar-refractivity contribution in [1.82, 2.24) is 5.43 Å². The van der Waals surface area contributed by atoms with Crippen LogP contribution in [-0.2, 0) is 9.59 Å². The molecule has 0 saturated heterocycles. The Bertz CT molecular complexity index is 854. The number of anilines is 1. The number of phenolic OH excluding ortho intramolecular Hbond substituents is 1. The van der Waals surface area contributed by atoms with Crippen molar-refractivity contribution < 1.29 is 24.2 Å². The molecule has 0 aromatic heterocycles. The lowest BCUT2D eigenvalue weighted by atomic mass is 10.2. The van der Waals surface area contributed by atoms with Crippen molar-refractivity contribution in [2.75, 3.05) is 19.5 Å². The number of nitrogens with one attached hydrogen (secondary N) is 2. The fourth-order valence-corrected chi connectivity index (χ4v) is 2.15. The molecule has 2 rings (SSSR count). The van der Waals surface area contributed by atoms with Crippen LogP contribution in [0, 0.1) is 0 Å². The van der Waals surface area contributed by atoms with E-state index >= 15 is 0 Å². The van der Waals surface area contributed by atoms with Crippen molar-refractivity contribution in [1.29, 1.82) is 0 Å². The molecule has 0 aliphatic carbocycles. The molecule has 0 aliphatic heterocycles. The molecule has 2 amide bonds. The van der Waals surface area contributed by atoms with Gasteiger partial charge in [0.25, 0.3) is 0 Å². The summed E-state index contributed by atoms with van der Waals surface area (Å²) in [6.45, 7) is 0. The standard InChI is InChI=1S/C17H16ClN3O5/c1-25-13-7-6-11(18)8-12(13)20-16(23)17(24)21-19-9-10-4-3-5-14(26-2)15(10)22/h3-9,22H,1-2H3,(H,20,23)(H,21,24)/b19-9-. The lowest BCUT2D eigenvalue weighted by molar-refractivity contribution is -0.136. The molecule has 0 radical (unpaired) electrons. The third kappa shape index (κ3) is 4.64. The van der Waals surface area contributed by atoms with Crippen LogP contribution < -0.4 is 20.2 Å². The maximum Gasteiger partial charge on any atom is 0.329 e. The Morgan fingerprint density at radius 3 is 2.54 bits per heavy atom. The number of ether oxygens (including phenoxy) is 2. The van der Waals surface area contributed by atoms with Gasteiger partial charge in [0.1, 0.15) is 5.75 Å². The van der Waals surface area contributed by atoms with Crippen molar-refractivity contribution in [2.45, 2.75) is 0 Å². The molecule has 2 aromatic rings. The van der Waals surface area contributed by atoms with Gasteiger partial charge in [0.2, 0.25) is 0 Å². The van der Waals surface area contributed by atoms with Gasteiger partial charge in [0, 0.05) is 10.6 Å². The van der Waals surface area contributed by atoms with E-state index in [-0.39, 0.29) is 17.2 Å². The molecule has 0 bridgehead atoms. The number of carbonyl (C=O) groups excluding carboxylic acids is 2. The van der Waals surface area contributed by atoms with Gasteiger partial charge in [-0.1, -0.05) is 17.7 Å². The highest BCUT2D eigenvalue weighted by atomic mass is 35.5. The van der Waals surface area contributed by atoms with Gasteiger partial charge >= 0.3 is 11.8 Å². The second-order valence-corrected chi connectivity index (χ2v) is 5.33. The van der Waals surface area contributed by atoms with E-state index in [0.29, 0.717) is 16.3 Å². The molecule has 3 N–H and O–H groups in total. The average Bonchev–Trinajstić information content (AvgIpc) is 2.63. The number of hydrogen-bond acceptors (Lipinski definition) is 6. The second-order valence-electron chi connectivity index (χ2n) is 4.90. The molecule has 2 aromatic carbocycles. The van der Waals surface area contributed by atoms with E-state index in [4.69, 9.17) is 21.1 Å². The third-order valence-corrected chi connectivity index (χ3v) is 3.47. The fraction of sp³-hybridized carbons (Fsp3) is 0.118. The van der Waals surface area contributed by atoms with Crippen LogP contribution in [0.25, 0.3) is 0 Å². The van der Waals surface area contributed by atoms with E-state index in [2.05, 4.69) is 15.8 Å². The number of nitrogens with zero attached hydrogens (tertiary/aromatic N) is 1. The molecule has 0 atom stereocenters. The summed E-state index contributed by atoms with van der Waals surface area (Å²) in [5.74, 6) is -1.50. The Morgan fingerprint density at radius 2 is 1.85 bits per heavy atom. The van der Waals surface area contributed by atoms with Gasteiger partial charge in [-0.05, 0) is 30.3 Å². The van der Waals surface area contributed by atoms with Gasteiger partial charge in [0.05, 0.1) is 26.1 Å². The lowest BCUT2D eigenvalue weighted by Crippen LogP contribution is -2.32. The zero-order valence-corrected chi connectivity index (χ0v) is 14.7. The SMILES string of the molecule is COc1ccc(Cl)cc1NC(=O)C(=O)N/N=C\c1cccc(OC)c1O. The molecule has 0 unspecified atom stereocenters. The molecule has 0 spiro atoms. The number of rotatable bonds is 5. The molecule has 136 valence electrons. The zero-order valence-electron chi connectivity index (χ0n) is 13.9. The molecule has 0 aliphatic rings. The summed E-state index contributed by atoms with van der Waals surface area (Å²) in [6.07, 6.45) is 1.18. The second kappa shape index (κ2) is 8.72. The van der Waals surface area contributed by atoms with Crippen molar-refractivity contribution in [2.24, 2.45) is 5.10 Å². The van der Waals surface area contributed by atoms with Gasteiger partial charge < -0.3 is 19.9 Å². The maximum atomic E-state index is 11.9. The van der Waals surface area contributed by atoms with E-state index in [0.717, 1.165) is 0 Å². The number of phenols is 1. The minimum Gasteiger partial charge on any atom is -0.504 e. The summed E-state index contributed by atoms with van der Waals surface area (Å²) in [5.41, 5.74) is 2.61. The zero-order chi connectivity index (χ0) is 19.1. The first kappa shape index (κ1) is 19.1. The Morgan fingerprint density at radius 1 is 1.12 bits per heavy atom. The summed E-state index contributed by atoms with van der Waals surface area (Å²) in [6, 6.07) is 9.35. The van der Waals surface area contributed by atoms with Gasteiger partial charge in [-0.25, -0.2) is 5.43 Å². The largest absolute Gasteiger partial charge is 0.504 e. The number of methoxy groups -OCH3 is 2. The van der Waals surface area contributed by atoms with Crippen LogP contribution in [0.15, 0.2) is 41.5 Å². The molecule has 0 saturated carbocycles. The van der Waals surface area contributed by atoms with Crippen LogP contribution in [0.3, 0.4) is 0 Å². The lowest BCUT2D eigenvalue weighted by Gasteiger charge is -2.09. The quantitative estimate of drug-likeness (QED) is 0.420. The number of amides is 2. The van der Waals surface area contributed by atoms with E-state index in [1.54, 1.807) is 30.3 Å². The maximum absolute atomic E-state index is 11.9. The number of aromatic hydroxyl groups is 1. The highest BCUT2D eigenvalue weighted by molar-refractivity contribution is 6.40. The number of hydrazone groups is 1. The summed E-state index contributed by atoms with van der Waals surface area (Å²) in [4.78, 5) is 23.8. The molecule has 8 nitrogen and oxygen atoms in total. The van der Waals surface area contributed by atoms with E-state index in [9.17, 15) is 14.7 Å². The average molecular weight is 378 g/mol. The monoisotopic (exact) mass is 377 g/mol. The van der Waals surface area contributed by atoms with Crippen LogP contribution in [0.4, 0.5) is 5.69 Å². The summed E-state index contributed by atoms with van der Waals surface area (Å²) < 4.78 is 10.0. The Labute approximate surface area is 154 Å². The number of halogens is 1. The molecule has 9 heteroatoms. The van der Waals surface area contributed by atoms with Crippen LogP contribution in [-0.4, -0.2) is 37.4 Å². The Hall–Kier alpha value is -3.26. The molecular formula is C17H16ClN3O5. The minimum atomic E-state index is -1.01.